The van der Waals surface area contributed by atoms with E-state index in [2.05, 4.69) is 34.6 Å². The minimum Gasteiger partial charge on any atom is -0.328 e. The second kappa shape index (κ2) is 6.42. The van der Waals surface area contributed by atoms with E-state index in [0.717, 1.165) is 17.8 Å². The fourth-order valence-corrected chi connectivity index (χ4v) is 2.12. The fourth-order valence-electron chi connectivity index (χ4n) is 2.12. The average molecular weight is 185 g/mol. The summed E-state index contributed by atoms with van der Waals surface area (Å²) in [6, 6.07) is 0.411. The predicted octanol–water partition coefficient (Wildman–Crippen LogP) is 3.43. The molecule has 2 unspecified atom stereocenters. The molecule has 0 bridgehead atoms. The van der Waals surface area contributed by atoms with Crippen molar-refractivity contribution < 1.29 is 0 Å². The molecule has 0 radical (unpaired) electrons. The molecule has 0 aromatic heterocycles. The largest absolute Gasteiger partial charge is 0.328 e. The highest BCUT2D eigenvalue weighted by Gasteiger charge is 2.11. The van der Waals surface area contributed by atoms with Gasteiger partial charge in [0.25, 0.3) is 0 Å². The van der Waals surface area contributed by atoms with Gasteiger partial charge in [0.15, 0.2) is 0 Å². The highest BCUT2D eigenvalue weighted by Crippen LogP contribution is 2.18. The summed E-state index contributed by atoms with van der Waals surface area (Å²) in [5.74, 6) is 2.33. The van der Waals surface area contributed by atoms with E-state index in [1.165, 1.54) is 19.3 Å². The molecule has 0 heterocycles. The highest BCUT2D eigenvalue weighted by atomic mass is 14.6. The van der Waals surface area contributed by atoms with Crippen molar-refractivity contribution in [3.8, 4) is 0 Å². The molecule has 0 aliphatic carbocycles. The van der Waals surface area contributed by atoms with E-state index in [1.54, 1.807) is 0 Å². The zero-order chi connectivity index (χ0) is 10.4. The smallest absolute Gasteiger partial charge is 0.00438 e. The molecular formula is C12H27N. The first-order valence-corrected chi connectivity index (χ1v) is 5.67. The molecule has 13 heavy (non-hydrogen) atoms. The highest BCUT2D eigenvalue weighted by molar-refractivity contribution is 4.68. The van der Waals surface area contributed by atoms with E-state index in [0.29, 0.717) is 6.04 Å². The second-order valence-electron chi connectivity index (χ2n) is 5.36. The van der Waals surface area contributed by atoms with Crippen molar-refractivity contribution >= 4 is 0 Å². The standard InChI is InChI=1S/C12H27N/c1-9(2)6-11(5)8-12(13)7-10(3)4/h9-12H,6-8,13H2,1-5H3. The number of rotatable bonds is 6. The Hall–Kier alpha value is -0.0400. The van der Waals surface area contributed by atoms with E-state index in [1.807, 2.05) is 0 Å². The van der Waals surface area contributed by atoms with Crippen LogP contribution in [0, 0.1) is 17.8 Å². The summed E-state index contributed by atoms with van der Waals surface area (Å²) in [5.41, 5.74) is 6.05. The Morgan fingerprint density at radius 2 is 1.23 bits per heavy atom. The summed E-state index contributed by atoms with van der Waals surface area (Å²) in [6.45, 7) is 11.4. The summed E-state index contributed by atoms with van der Waals surface area (Å²) >= 11 is 0. The molecule has 0 saturated heterocycles. The lowest BCUT2D eigenvalue weighted by atomic mass is 9.90. The van der Waals surface area contributed by atoms with E-state index in [-0.39, 0.29) is 0 Å². The third kappa shape index (κ3) is 8.29. The summed E-state index contributed by atoms with van der Waals surface area (Å²) in [4.78, 5) is 0. The molecule has 0 spiro atoms. The molecule has 0 aliphatic rings. The molecule has 1 heteroatoms. The molecule has 0 fully saturated rings. The maximum atomic E-state index is 6.05. The van der Waals surface area contributed by atoms with Crippen LogP contribution in [0.15, 0.2) is 0 Å². The van der Waals surface area contributed by atoms with Gasteiger partial charge in [0.2, 0.25) is 0 Å². The summed E-state index contributed by atoms with van der Waals surface area (Å²) in [7, 11) is 0. The number of hydrogen-bond donors (Lipinski definition) is 1. The molecule has 0 rings (SSSR count). The minimum atomic E-state index is 0.411. The van der Waals surface area contributed by atoms with Gasteiger partial charge in [-0.25, -0.2) is 0 Å². The zero-order valence-corrected chi connectivity index (χ0v) is 10.0. The first-order valence-electron chi connectivity index (χ1n) is 5.67. The summed E-state index contributed by atoms with van der Waals surface area (Å²) in [5, 5.41) is 0. The van der Waals surface area contributed by atoms with Gasteiger partial charge >= 0.3 is 0 Å². The Balaban J connectivity index is 3.58. The molecule has 0 saturated carbocycles. The van der Waals surface area contributed by atoms with Gasteiger partial charge in [-0.05, 0) is 37.0 Å². The van der Waals surface area contributed by atoms with Crippen molar-refractivity contribution in [2.45, 2.75) is 59.9 Å². The molecule has 0 aromatic carbocycles. The third-order valence-corrected chi connectivity index (χ3v) is 2.35. The van der Waals surface area contributed by atoms with Gasteiger partial charge in [-0.3, -0.25) is 0 Å². The van der Waals surface area contributed by atoms with E-state index in [9.17, 15) is 0 Å². The molecule has 2 N–H and O–H groups in total. The Labute approximate surface area is 84.1 Å². The predicted molar refractivity (Wildman–Crippen MR) is 60.7 cm³/mol. The van der Waals surface area contributed by atoms with Crippen LogP contribution in [0.5, 0.6) is 0 Å². The summed E-state index contributed by atoms with van der Waals surface area (Å²) < 4.78 is 0. The first kappa shape index (κ1) is 13.0. The zero-order valence-electron chi connectivity index (χ0n) is 10.0. The van der Waals surface area contributed by atoms with Gasteiger partial charge in [0.05, 0.1) is 0 Å². The second-order valence-corrected chi connectivity index (χ2v) is 5.36. The minimum absolute atomic E-state index is 0.411. The van der Waals surface area contributed by atoms with Gasteiger partial charge < -0.3 is 5.73 Å². The van der Waals surface area contributed by atoms with E-state index >= 15 is 0 Å². The van der Waals surface area contributed by atoms with E-state index in [4.69, 9.17) is 5.73 Å². The van der Waals surface area contributed by atoms with Gasteiger partial charge in [0, 0.05) is 6.04 Å². The van der Waals surface area contributed by atoms with Crippen LogP contribution >= 0.6 is 0 Å². The van der Waals surface area contributed by atoms with Crippen LogP contribution in [0.1, 0.15) is 53.9 Å². The van der Waals surface area contributed by atoms with Crippen LogP contribution in [-0.2, 0) is 0 Å². The van der Waals surface area contributed by atoms with Crippen LogP contribution in [0.3, 0.4) is 0 Å². The van der Waals surface area contributed by atoms with Gasteiger partial charge in [0.1, 0.15) is 0 Å². The van der Waals surface area contributed by atoms with Crippen LogP contribution in [-0.4, -0.2) is 6.04 Å². The number of nitrogens with two attached hydrogens (primary N) is 1. The number of hydrogen-bond acceptors (Lipinski definition) is 1. The lowest BCUT2D eigenvalue weighted by Crippen LogP contribution is -2.25. The Morgan fingerprint density at radius 1 is 0.769 bits per heavy atom. The molecule has 2 atom stereocenters. The van der Waals surface area contributed by atoms with Crippen LogP contribution in [0.25, 0.3) is 0 Å². The van der Waals surface area contributed by atoms with Crippen molar-refractivity contribution in [2.75, 3.05) is 0 Å². The van der Waals surface area contributed by atoms with Crippen LogP contribution in [0.2, 0.25) is 0 Å². The Morgan fingerprint density at radius 3 is 1.62 bits per heavy atom. The van der Waals surface area contributed by atoms with E-state index < -0.39 is 0 Å². The normalized spacial score (nSPS) is 16.6. The topological polar surface area (TPSA) is 26.0 Å². The lowest BCUT2D eigenvalue weighted by Gasteiger charge is -2.20. The molecule has 0 amide bonds. The SMILES string of the molecule is CC(C)CC(C)CC(N)CC(C)C. The van der Waals surface area contributed by atoms with Crippen molar-refractivity contribution in [1.82, 2.24) is 0 Å². The Bertz CT molecular complexity index is 104. The van der Waals surface area contributed by atoms with Gasteiger partial charge in [-0.1, -0.05) is 34.6 Å². The van der Waals surface area contributed by atoms with Gasteiger partial charge in [-0.2, -0.15) is 0 Å². The molecule has 0 aromatic rings. The third-order valence-electron chi connectivity index (χ3n) is 2.35. The van der Waals surface area contributed by atoms with Crippen LogP contribution < -0.4 is 5.73 Å². The lowest BCUT2D eigenvalue weighted by molar-refractivity contribution is 0.357. The quantitative estimate of drug-likeness (QED) is 0.674. The van der Waals surface area contributed by atoms with Crippen molar-refractivity contribution in [3.63, 3.8) is 0 Å². The van der Waals surface area contributed by atoms with Crippen molar-refractivity contribution in [1.29, 1.82) is 0 Å². The average Bonchev–Trinajstić information content (AvgIpc) is 1.80. The Kier molecular flexibility index (Phi) is 6.40. The summed E-state index contributed by atoms with van der Waals surface area (Å²) in [6.07, 6.45) is 3.67. The van der Waals surface area contributed by atoms with Crippen LogP contribution in [0.4, 0.5) is 0 Å². The monoisotopic (exact) mass is 185 g/mol. The molecule has 1 nitrogen and oxygen atoms in total. The van der Waals surface area contributed by atoms with Crippen molar-refractivity contribution in [2.24, 2.45) is 23.5 Å². The van der Waals surface area contributed by atoms with Gasteiger partial charge in [-0.15, -0.1) is 0 Å². The fraction of sp³-hybridized carbons (Fsp3) is 1.00. The maximum absolute atomic E-state index is 6.05. The maximum Gasteiger partial charge on any atom is 0.00438 e. The molecular weight excluding hydrogens is 158 g/mol. The first-order chi connectivity index (χ1) is 5.91. The molecule has 80 valence electrons. The molecule has 0 aliphatic heterocycles. The van der Waals surface area contributed by atoms with Crippen molar-refractivity contribution in [3.05, 3.63) is 0 Å².